The monoisotopic (exact) mass is 339 g/mol. The number of imide groups is 1. The van der Waals surface area contributed by atoms with Crippen molar-refractivity contribution in [2.24, 2.45) is 7.05 Å². The Morgan fingerprint density at radius 2 is 1.92 bits per heavy atom. The van der Waals surface area contributed by atoms with Crippen molar-refractivity contribution in [3.8, 4) is 0 Å². The van der Waals surface area contributed by atoms with E-state index in [0.717, 1.165) is 17.0 Å². The molecular formula is C18H21N5O2. The fourth-order valence-electron chi connectivity index (χ4n) is 3.17. The molecule has 0 unspecified atom stereocenters. The van der Waals surface area contributed by atoms with Gasteiger partial charge in [0, 0.05) is 44.9 Å². The Hall–Kier alpha value is -2.70. The number of carbonyl (C=O) groups is 2. The molecule has 1 aliphatic carbocycles. The summed E-state index contributed by atoms with van der Waals surface area (Å²) in [5.74, 6) is 0.432. The van der Waals surface area contributed by atoms with Gasteiger partial charge in [-0.15, -0.1) is 0 Å². The summed E-state index contributed by atoms with van der Waals surface area (Å²) < 4.78 is 1.79. The fraction of sp³-hybridized carbons (Fsp3) is 0.444. The van der Waals surface area contributed by atoms with Gasteiger partial charge in [0.15, 0.2) is 0 Å². The van der Waals surface area contributed by atoms with Crippen molar-refractivity contribution in [3.63, 3.8) is 0 Å². The summed E-state index contributed by atoms with van der Waals surface area (Å²) in [6, 6.07) is 5.57. The molecule has 0 aromatic carbocycles. The van der Waals surface area contributed by atoms with Crippen LogP contribution in [0.15, 0.2) is 30.6 Å². The molecule has 1 saturated carbocycles. The number of pyridine rings is 1. The second-order valence-corrected chi connectivity index (χ2v) is 6.75. The van der Waals surface area contributed by atoms with Gasteiger partial charge >= 0.3 is 6.03 Å². The quantitative estimate of drug-likeness (QED) is 0.836. The molecule has 0 atom stereocenters. The van der Waals surface area contributed by atoms with Gasteiger partial charge in [-0.1, -0.05) is 0 Å². The summed E-state index contributed by atoms with van der Waals surface area (Å²) in [5, 5.41) is 4.52. The van der Waals surface area contributed by atoms with Gasteiger partial charge in [-0.05, 0) is 36.6 Å². The van der Waals surface area contributed by atoms with Crippen molar-refractivity contribution >= 4 is 11.9 Å². The Balaban J connectivity index is 1.49. The highest BCUT2D eigenvalue weighted by molar-refractivity contribution is 5.96. The van der Waals surface area contributed by atoms with Crippen LogP contribution in [0.1, 0.15) is 42.1 Å². The van der Waals surface area contributed by atoms with Crippen LogP contribution in [-0.2, 0) is 24.9 Å². The van der Waals surface area contributed by atoms with Gasteiger partial charge in [0.05, 0.1) is 17.9 Å². The zero-order valence-electron chi connectivity index (χ0n) is 14.3. The first kappa shape index (κ1) is 15.8. The molecule has 0 radical (unpaired) electrons. The third kappa shape index (κ3) is 3.26. The van der Waals surface area contributed by atoms with Crippen LogP contribution in [0.4, 0.5) is 4.79 Å². The van der Waals surface area contributed by atoms with Crippen LogP contribution in [-0.4, -0.2) is 43.0 Å². The van der Waals surface area contributed by atoms with E-state index in [9.17, 15) is 9.59 Å². The maximum absolute atomic E-state index is 12.8. The van der Waals surface area contributed by atoms with Crippen LogP contribution in [0.5, 0.6) is 0 Å². The smallest absolute Gasteiger partial charge is 0.319 e. The van der Waals surface area contributed by atoms with Crippen molar-refractivity contribution in [1.29, 1.82) is 0 Å². The lowest BCUT2D eigenvalue weighted by atomic mass is 10.2. The van der Waals surface area contributed by atoms with Crippen LogP contribution in [0.25, 0.3) is 0 Å². The first-order valence-corrected chi connectivity index (χ1v) is 8.63. The number of hydrogen-bond donors (Lipinski definition) is 0. The number of hydrogen-bond acceptors (Lipinski definition) is 4. The average Bonchev–Trinajstić information content (AvgIpc) is 3.39. The molecule has 2 aliphatic rings. The zero-order valence-corrected chi connectivity index (χ0v) is 14.3. The standard InChI is InChI=1S/C18H21N5O2/c1-21-15(10-16(20-21)14-2-3-14)12-23-17(24)6-9-22(18(23)25)11-13-4-7-19-8-5-13/h4-5,7-8,10,14H,2-3,6,9,11-12H2,1H3. The molecule has 130 valence electrons. The Labute approximate surface area is 146 Å². The molecular weight excluding hydrogens is 318 g/mol. The topological polar surface area (TPSA) is 71.3 Å². The van der Waals surface area contributed by atoms with Crippen LogP contribution in [0.2, 0.25) is 0 Å². The molecule has 1 saturated heterocycles. The lowest BCUT2D eigenvalue weighted by Gasteiger charge is -2.34. The normalized spacial score (nSPS) is 18.1. The average molecular weight is 339 g/mol. The maximum Gasteiger partial charge on any atom is 0.327 e. The number of urea groups is 1. The lowest BCUT2D eigenvalue weighted by molar-refractivity contribution is -0.131. The van der Waals surface area contributed by atoms with E-state index in [1.165, 1.54) is 17.7 Å². The summed E-state index contributed by atoms with van der Waals surface area (Å²) in [5.41, 5.74) is 2.98. The van der Waals surface area contributed by atoms with Gasteiger partial charge in [0.25, 0.3) is 0 Å². The van der Waals surface area contributed by atoms with E-state index >= 15 is 0 Å². The minimum absolute atomic E-state index is 0.120. The molecule has 3 amide bonds. The number of aryl methyl sites for hydroxylation is 1. The second kappa shape index (κ2) is 6.31. The van der Waals surface area contributed by atoms with Crippen LogP contribution < -0.4 is 0 Å². The molecule has 2 aromatic rings. The minimum Gasteiger partial charge on any atom is -0.319 e. The molecule has 3 heterocycles. The predicted molar refractivity (Wildman–Crippen MR) is 90.4 cm³/mol. The summed E-state index contributed by atoms with van der Waals surface area (Å²) in [7, 11) is 1.87. The lowest BCUT2D eigenvalue weighted by Crippen LogP contribution is -2.51. The molecule has 2 aromatic heterocycles. The van der Waals surface area contributed by atoms with Gasteiger partial charge in [-0.3, -0.25) is 19.4 Å². The zero-order chi connectivity index (χ0) is 17.4. The molecule has 7 heteroatoms. The molecule has 0 spiro atoms. The highest BCUT2D eigenvalue weighted by Crippen LogP contribution is 2.39. The van der Waals surface area contributed by atoms with Crippen molar-refractivity contribution in [1.82, 2.24) is 24.6 Å². The minimum atomic E-state index is -0.234. The summed E-state index contributed by atoms with van der Waals surface area (Å²) in [4.78, 5) is 32.2. The van der Waals surface area contributed by atoms with E-state index in [0.29, 0.717) is 25.4 Å². The van der Waals surface area contributed by atoms with Gasteiger partial charge in [-0.25, -0.2) is 4.79 Å². The molecule has 4 rings (SSSR count). The number of amides is 3. The van der Waals surface area contributed by atoms with Crippen molar-refractivity contribution in [2.45, 2.75) is 38.3 Å². The first-order chi connectivity index (χ1) is 12.1. The van der Waals surface area contributed by atoms with E-state index in [2.05, 4.69) is 10.1 Å². The number of carbonyl (C=O) groups excluding carboxylic acids is 2. The molecule has 0 N–H and O–H groups in total. The van der Waals surface area contributed by atoms with Crippen molar-refractivity contribution in [2.75, 3.05) is 6.54 Å². The Morgan fingerprint density at radius 1 is 1.16 bits per heavy atom. The number of nitrogens with zero attached hydrogens (tertiary/aromatic N) is 5. The largest absolute Gasteiger partial charge is 0.327 e. The maximum atomic E-state index is 12.8. The molecule has 2 fully saturated rings. The van der Waals surface area contributed by atoms with Gasteiger partial charge in [0.2, 0.25) is 5.91 Å². The summed E-state index contributed by atoms with van der Waals surface area (Å²) in [6.45, 7) is 1.22. The predicted octanol–water partition coefficient (Wildman–Crippen LogP) is 2.05. The first-order valence-electron chi connectivity index (χ1n) is 8.63. The summed E-state index contributed by atoms with van der Waals surface area (Å²) >= 11 is 0. The number of rotatable bonds is 5. The van der Waals surface area contributed by atoms with E-state index in [-0.39, 0.29) is 18.5 Å². The molecule has 25 heavy (non-hydrogen) atoms. The molecule has 1 aliphatic heterocycles. The van der Waals surface area contributed by atoms with Crippen molar-refractivity contribution < 1.29 is 9.59 Å². The third-order valence-corrected chi connectivity index (χ3v) is 4.83. The van der Waals surface area contributed by atoms with E-state index in [1.807, 2.05) is 25.2 Å². The molecule has 7 nitrogen and oxygen atoms in total. The van der Waals surface area contributed by atoms with Crippen molar-refractivity contribution in [3.05, 3.63) is 47.5 Å². The molecule has 0 bridgehead atoms. The number of aromatic nitrogens is 3. The fourth-order valence-corrected chi connectivity index (χ4v) is 3.17. The second-order valence-electron chi connectivity index (χ2n) is 6.75. The third-order valence-electron chi connectivity index (χ3n) is 4.83. The van der Waals surface area contributed by atoms with Gasteiger partial charge in [-0.2, -0.15) is 5.10 Å². The van der Waals surface area contributed by atoms with E-state index < -0.39 is 0 Å². The van der Waals surface area contributed by atoms with Gasteiger partial charge < -0.3 is 4.90 Å². The van der Waals surface area contributed by atoms with E-state index in [1.54, 1.807) is 22.0 Å². The van der Waals surface area contributed by atoms with Crippen LogP contribution >= 0.6 is 0 Å². The van der Waals surface area contributed by atoms with Gasteiger partial charge in [0.1, 0.15) is 0 Å². The van der Waals surface area contributed by atoms with E-state index in [4.69, 9.17) is 0 Å². The Morgan fingerprint density at radius 3 is 2.64 bits per heavy atom. The Kier molecular flexibility index (Phi) is 3.99. The van der Waals surface area contributed by atoms with Crippen LogP contribution in [0.3, 0.4) is 0 Å². The SMILES string of the molecule is Cn1nc(C2CC2)cc1CN1C(=O)CCN(Cc2ccncc2)C1=O. The summed E-state index contributed by atoms with van der Waals surface area (Å²) in [6.07, 6.45) is 6.13. The van der Waals surface area contributed by atoms with Crippen LogP contribution in [0, 0.1) is 0 Å². The highest BCUT2D eigenvalue weighted by Gasteiger charge is 2.33. The Bertz CT molecular complexity index is 797. The highest BCUT2D eigenvalue weighted by atomic mass is 16.2.